The van der Waals surface area contributed by atoms with E-state index in [1.807, 2.05) is 27.8 Å². The van der Waals surface area contributed by atoms with Crippen LogP contribution in [-0.2, 0) is 10.9 Å². The fourth-order valence-electron chi connectivity index (χ4n) is 3.73. The number of nitrogens with zero attached hydrogens (tertiary/aromatic N) is 6. The molecule has 3 aromatic rings. The van der Waals surface area contributed by atoms with Gasteiger partial charge >= 0.3 is 12.3 Å². The lowest BCUT2D eigenvalue weighted by molar-refractivity contribution is -0.137. The average molecular weight is 498 g/mol. The highest BCUT2D eigenvalue weighted by molar-refractivity contribution is 7.20. The molecule has 9 nitrogen and oxygen atoms in total. The van der Waals surface area contributed by atoms with Gasteiger partial charge in [0.1, 0.15) is 11.4 Å². The van der Waals surface area contributed by atoms with Crippen molar-refractivity contribution in [3.8, 4) is 11.3 Å². The normalized spacial score (nSPS) is 15.7. The molecule has 0 aliphatic carbocycles. The topological polar surface area (TPSA) is 102 Å². The zero-order valence-electron chi connectivity index (χ0n) is 19.3. The lowest BCUT2D eigenvalue weighted by Gasteiger charge is -2.37. The highest BCUT2D eigenvalue weighted by Crippen LogP contribution is 2.35. The molecule has 0 atom stereocenters. The SMILES string of the molecule is CN(c1nn2cc(-c3cnc(N)c(C(F)(F)F)c3)nc2s1)C1CCN(C(=O)OC(C)(C)C)CC1. The third kappa shape index (κ3) is 5.03. The number of fused-ring (bicyclic) bond motifs is 1. The number of hydrogen-bond acceptors (Lipinski definition) is 8. The van der Waals surface area contributed by atoms with Gasteiger partial charge < -0.3 is 20.3 Å². The van der Waals surface area contributed by atoms with Crippen molar-refractivity contribution in [3.05, 3.63) is 24.0 Å². The van der Waals surface area contributed by atoms with Gasteiger partial charge in [0.2, 0.25) is 10.1 Å². The van der Waals surface area contributed by atoms with Crippen LogP contribution >= 0.6 is 11.3 Å². The number of imidazole rings is 1. The van der Waals surface area contributed by atoms with E-state index < -0.39 is 23.2 Å². The second-order valence-corrected chi connectivity index (χ2v) is 10.1. The van der Waals surface area contributed by atoms with E-state index in [1.165, 1.54) is 17.5 Å². The Bertz CT molecular complexity index is 1160. The van der Waals surface area contributed by atoms with Gasteiger partial charge in [-0.2, -0.15) is 13.2 Å². The Kier molecular flexibility index (Phi) is 6.08. The largest absolute Gasteiger partial charge is 0.444 e. The van der Waals surface area contributed by atoms with Gasteiger partial charge in [-0.3, -0.25) is 0 Å². The van der Waals surface area contributed by atoms with Crippen molar-refractivity contribution >= 4 is 33.3 Å². The number of amides is 1. The van der Waals surface area contributed by atoms with E-state index in [2.05, 4.69) is 20.0 Å². The summed E-state index contributed by atoms with van der Waals surface area (Å²) in [5, 5.41) is 5.28. The van der Waals surface area contributed by atoms with E-state index in [1.54, 1.807) is 15.6 Å². The smallest absolute Gasteiger partial charge is 0.419 e. The maximum Gasteiger partial charge on any atom is 0.419 e. The first-order valence-electron chi connectivity index (χ1n) is 10.7. The van der Waals surface area contributed by atoms with Crippen molar-refractivity contribution in [1.29, 1.82) is 0 Å². The number of nitrogens with two attached hydrogens (primary N) is 1. The summed E-state index contributed by atoms with van der Waals surface area (Å²) in [5.74, 6) is -0.572. The molecule has 0 aromatic carbocycles. The number of piperidine rings is 1. The third-order valence-electron chi connectivity index (χ3n) is 5.52. The third-order valence-corrected chi connectivity index (χ3v) is 6.53. The van der Waals surface area contributed by atoms with Crippen LogP contribution in [0.3, 0.4) is 0 Å². The number of pyridine rings is 1. The molecule has 2 N–H and O–H groups in total. The van der Waals surface area contributed by atoms with Gasteiger partial charge in [-0.15, -0.1) is 5.10 Å². The van der Waals surface area contributed by atoms with Crippen molar-refractivity contribution in [3.63, 3.8) is 0 Å². The Hall–Kier alpha value is -3.09. The molecule has 1 amide bonds. The van der Waals surface area contributed by atoms with Crippen molar-refractivity contribution < 1.29 is 22.7 Å². The molecule has 0 unspecified atom stereocenters. The average Bonchev–Trinajstić information content (AvgIpc) is 3.31. The van der Waals surface area contributed by atoms with E-state index >= 15 is 0 Å². The summed E-state index contributed by atoms with van der Waals surface area (Å²) in [7, 11) is 1.94. The Morgan fingerprint density at radius 2 is 1.94 bits per heavy atom. The summed E-state index contributed by atoms with van der Waals surface area (Å²) in [4.78, 5) is 24.7. The molecular formula is C21H26F3N7O2S. The van der Waals surface area contributed by atoms with E-state index in [-0.39, 0.29) is 17.7 Å². The molecule has 1 aliphatic heterocycles. The molecule has 1 aliphatic rings. The Morgan fingerprint density at radius 3 is 2.53 bits per heavy atom. The lowest BCUT2D eigenvalue weighted by Crippen LogP contribution is -2.47. The zero-order chi connectivity index (χ0) is 24.8. The predicted octanol–water partition coefficient (Wildman–Crippen LogP) is 4.29. The standard InChI is InChI=1S/C21H26F3N7O2S/c1-20(2,3)33-19(32)30-7-5-13(6-8-30)29(4)18-28-31-11-15(27-17(31)34-18)12-9-14(21(22,23)24)16(25)26-10-12/h9-11,13H,5-8H2,1-4H3,(H2,25,26). The monoisotopic (exact) mass is 497 g/mol. The summed E-state index contributed by atoms with van der Waals surface area (Å²) in [6, 6.07) is 1.13. The fraction of sp³-hybridized carbons (Fsp3) is 0.524. The number of likely N-dealkylation sites (tertiary alicyclic amines) is 1. The number of nitrogen functional groups attached to an aromatic ring is 1. The van der Waals surface area contributed by atoms with Crippen LogP contribution in [0.15, 0.2) is 18.5 Å². The summed E-state index contributed by atoms with van der Waals surface area (Å²) in [5.41, 5.74) is 4.40. The van der Waals surface area contributed by atoms with Crippen molar-refractivity contribution in [2.24, 2.45) is 0 Å². The van der Waals surface area contributed by atoms with E-state index in [0.717, 1.165) is 24.0 Å². The second kappa shape index (κ2) is 8.60. The van der Waals surface area contributed by atoms with Gasteiger partial charge in [-0.1, -0.05) is 11.3 Å². The first kappa shape index (κ1) is 24.0. The second-order valence-electron chi connectivity index (χ2n) is 9.20. The van der Waals surface area contributed by atoms with Gasteiger partial charge in [0.15, 0.2) is 0 Å². The van der Waals surface area contributed by atoms with Crippen LogP contribution in [0, 0.1) is 0 Å². The number of aromatic nitrogens is 4. The van der Waals surface area contributed by atoms with Crippen LogP contribution < -0.4 is 10.6 Å². The van der Waals surface area contributed by atoms with Crippen LogP contribution in [0.25, 0.3) is 16.2 Å². The van der Waals surface area contributed by atoms with Gasteiger partial charge in [0.05, 0.1) is 17.5 Å². The Balaban J connectivity index is 1.45. The molecule has 0 bridgehead atoms. The van der Waals surface area contributed by atoms with Gasteiger partial charge in [0.25, 0.3) is 0 Å². The minimum absolute atomic E-state index is 0.185. The summed E-state index contributed by atoms with van der Waals surface area (Å²) in [6.07, 6.45) is -0.540. The lowest BCUT2D eigenvalue weighted by atomic mass is 10.0. The quantitative estimate of drug-likeness (QED) is 0.576. The van der Waals surface area contributed by atoms with Crippen molar-refractivity contribution in [2.75, 3.05) is 30.8 Å². The first-order chi connectivity index (χ1) is 15.8. The molecular weight excluding hydrogens is 471 g/mol. The molecule has 3 aromatic heterocycles. The number of halogens is 3. The predicted molar refractivity (Wildman–Crippen MR) is 123 cm³/mol. The molecule has 0 radical (unpaired) electrons. The van der Waals surface area contributed by atoms with Crippen LogP contribution in [0.2, 0.25) is 0 Å². The van der Waals surface area contributed by atoms with E-state index in [4.69, 9.17) is 10.5 Å². The van der Waals surface area contributed by atoms with Crippen LogP contribution in [0.4, 0.5) is 28.9 Å². The molecule has 13 heteroatoms. The number of carbonyl (C=O) groups is 1. The fourth-order valence-corrected chi connectivity index (χ4v) is 4.65. The Labute approximate surface area is 198 Å². The summed E-state index contributed by atoms with van der Waals surface area (Å²) in [6.45, 7) is 6.70. The molecule has 1 saturated heterocycles. The highest BCUT2D eigenvalue weighted by atomic mass is 32.1. The maximum absolute atomic E-state index is 13.2. The van der Waals surface area contributed by atoms with E-state index in [0.29, 0.717) is 23.7 Å². The minimum atomic E-state index is -4.60. The summed E-state index contributed by atoms with van der Waals surface area (Å²) < 4.78 is 46.5. The zero-order valence-corrected chi connectivity index (χ0v) is 20.1. The molecule has 0 saturated carbocycles. The van der Waals surface area contributed by atoms with Crippen LogP contribution in [0.5, 0.6) is 0 Å². The van der Waals surface area contributed by atoms with Gasteiger partial charge in [-0.25, -0.2) is 19.3 Å². The number of alkyl halides is 3. The number of ether oxygens (including phenoxy) is 1. The first-order valence-corrected chi connectivity index (χ1v) is 11.5. The number of rotatable bonds is 3. The van der Waals surface area contributed by atoms with Crippen molar-refractivity contribution in [2.45, 2.75) is 51.4 Å². The van der Waals surface area contributed by atoms with Gasteiger partial charge in [-0.05, 0) is 39.7 Å². The molecule has 4 rings (SSSR count). The van der Waals surface area contributed by atoms with Gasteiger partial charge in [0, 0.05) is 37.9 Å². The molecule has 184 valence electrons. The van der Waals surface area contributed by atoms with Crippen LogP contribution in [0.1, 0.15) is 39.2 Å². The Morgan fingerprint density at radius 1 is 1.26 bits per heavy atom. The van der Waals surface area contributed by atoms with E-state index in [9.17, 15) is 18.0 Å². The maximum atomic E-state index is 13.2. The molecule has 1 fully saturated rings. The minimum Gasteiger partial charge on any atom is -0.444 e. The molecule has 34 heavy (non-hydrogen) atoms. The van der Waals surface area contributed by atoms with Crippen molar-refractivity contribution in [1.82, 2.24) is 24.5 Å². The highest BCUT2D eigenvalue weighted by Gasteiger charge is 2.34. The number of carbonyl (C=O) groups excluding carboxylic acids is 1. The van der Waals surface area contributed by atoms with Crippen LogP contribution in [-0.4, -0.2) is 62.4 Å². The number of anilines is 2. The molecule has 4 heterocycles. The molecule has 0 spiro atoms. The number of hydrogen-bond donors (Lipinski definition) is 1. The summed E-state index contributed by atoms with van der Waals surface area (Å²) >= 11 is 1.34.